The Labute approximate surface area is 127 Å². The molecule has 106 valence electrons. The maximum Gasteiger partial charge on any atom is 0.138 e. The van der Waals surface area contributed by atoms with Crippen molar-refractivity contribution in [3.63, 3.8) is 0 Å². The van der Waals surface area contributed by atoms with Gasteiger partial charge in [-0.25, -0.2) is 4.39 Å². The quantitative estimate of drug-likeness (QED) is 0.895. The van der Waals surface area contributed by atoms with Crippen LogP contribution < -0.4 is 10.5 Å². The standard InChI is InChI=1S/C15H14Cl2FNO/c1-9(19)15(10-2-4-11(18)5-3-10)20-12-6-7-13(16)14(17)8-12/h2-9,15H,19H2,1H3. The molecular weight excluding hydrogens is 300 g/mol. The lowest BCUT2D eigenvalue weighted by Gasteiger charge is -2.23. The summed E-state index contributed by atoms with van der Waals surface area (Å²) in [5.74, 6) is 0.262. The Morgan fingerprint density at radius 2 is 1.70 bits per heavy atom. The highest BCUT2D eigenvalue weighted by molar-refractivity contribution is 6.42. The number of benzene rings is 2. The van der Waals surface area contributed by atoms with E-state index in [9.17, 15) is 4.39 Å². The summed E-state index contributed by atoms with van der Waals surface area (Å²) in [4.78, 5) is 0. The van der Waals surface area contributed by atoms with Gasteiger partial charge in [0.15, 0.2) is 0 Å². The zero-order valence-corrected chi connectivity index (χ0v) is 12.3. The third kappa shape index (κ3) is 3.63. The van der Waals surface area contributed by atoms with E-state index in [0.717, 1.165) is 5.56 Å². The van der Waals surface area contributed by atoms with E-state index in [4.69, 9.17) is 33.7 Å². The van der Waals surface area contributed by atoms with Gasteiger partial charge in [0.2, 0.25) is 0 Å². The number of ether oxygens (including phenoxy) is 1. The van der Waals surface area contributed by atoms with Crippen molar-refractivity contribution in [2.75, 3.05) is 0 Å². The Morgan fingerprint density at radius 3 is 2.25 bits per heavy atom. The van der Waals surface area contributed by atoms with E-state index in [2.05, 4.69) is 0 Å². The molecular formula is C15H14Cl2FNO. The first-order valence-corrected chi connectivity index (χ1v) is 6.85. The molecule has 0 aliphatic heterocycles. The Morgan fingerprint density at radius 1 is 1.05 bits per heavy atom. The lowest BCUT2D eigenvalue weighted by Crippen LogP contribution is -2.29. The maximum absolute atomic E-state index is 13.0. The normalized spacial score (nSPS) is 13.8. The predicted octanol–water partition coefficient (Wildman–Crippen LogP) is 4.60. The highest BCUT2D eigenvalue weighted by Crippen LogP contribution is 2.30. The lowest BCUT2D eigenvalue weighted by molar-refractivity contribution is 0.180. The van der Waals surface area contributed by atoms with Gasteiger partial charge in [-0.15, -0.1) is 0 Å². The van der Waals surface area contributed by atoms with Gasteiger partial charge in [-0.05, 0) is 36.8 Å². The Kier molecular flexibility index (Phi) is 4.86. The molecule has 0 bridgehead atoms. The van der Waals surface area contributed by atoms with E-state index in [1.165, 1.54) is 12.1 Å². The lowest BCUT2D eigenvalue weighted by atomic mass is 10.0. The molecule has 2 unspecified atom stereocenters. The molecule has 0 saturated heterocycles. The molecule has 0 aliphatic rings. The summed E-state index contributed by atoms with van der Waals surface area (Å²) in [5, 5.41) is 0.866. The highest BCUT2D eigenvalue weighted by atomic mass is 35.5. The average molecular weight is 314 g/mol. The molecule has 2 nitrogen and oxygen atoms in total. The second-order valence-corrected chi connectivity index (χ2v) is 5.34. The molecule has 0 spiro atoms. The van der Waals surface area contributed by atoms with Crippen LogP contribution in [0.1, 0.15) is 18.6 Å². The van der Waals surface area contributed by atoms with Crippen molar-refractivity contribution in [1.82, 2.24) is 0 Å². The summed E-state index contributed by atoms with van der Waals surface area (Å²) in [6.45, 7) is 1.82. The van der Waals surface area contributed by atoms with Crippen molar-refractivity contribution in [1.29, 1.82) is 0 Å². The zero-order chi connectivity index (χ0) is 14.7. The van der Waals surface area contributed by atoms with Crippen LogP contribution in [0, 0.1) is 5.82 Å². The van der Waals surface area contributed by atoms with E-state index < -0.39 is 6.10 Å². The van der Waals surface area contributed by atoms with E-state index >= 15 is 0 Å². The summed E-state index contributed by atoms with van der Waals surface area (Å²) in [6, 6.07) is 10.8. The molecule has 2 aromatic rings. The number of nitrogens with two attached hydrogens (primary N) is 1. The topological polar surface area (TPSA) is 35.2 Å². The summed E-state index contributed by atoms with van der Waals surface area (Å²) in [6.07, 6.45) is -0.396. The van der Waals surface area contributed by atoms with Crippen molar-refractivity contribution >= 4 is 23.2 Å². The monoisotopic (exact) mass is 313 g/mol. The van der Waals surface area contributed by atoms with Crippen LogP contribution in [0.15, 0.2) is 42.5 Å². The predicted molar refractivity (Wildman–Crippen MR) is 79.9 cm³/mol. The van der Waals surface area contributed by atoms with Crippen LogP contribution in [0.3, 0.4) is 0 Å². The molecule has 0 fully saturated rings. The van der Waals surface area contributed by atoms with E-state index in [0.29, 0.717) is 15.8 Å². The SMILES string of the molecule is CC(N)C(Oc1ccc(Cl)c(Cl)c1)c1ccc(F)cc1. The molecule has 5 heteroatoms. The first-order valence-electron chi connectivity index (χ1n) is 6.10. The van der Waals surface area contributed by atoms with Gasteiger partial charge >= 0.3 is 0 Å². The van der Waals surface area contributed by atoms with Crippen LogP contribution in [0.4, 0.5) is 4.39 Å². The molecule has 0 aliphatic carbocycles. The van der Waals surface area contributed by atoms with Crippen molar-refractivity contribution in [3.8, 4) is 5.75 Å². The smallest absolute Gasteiger partial charge is 0.138 e. The van der Waals surface area contributed by atoms with Gasteiger partial charge in [0.1, 0.15) is 17.7 Å². The first-order chi connectivity index (χ1) is 9.47. The number of hydrogen-bond acceptors (Lipinski definition) is 2. The summed E-state index contributed by atoms with van der Waals surface area (Å²) < 4.78 is 18.8. The largest absolute Gasteiger partial charge is 0.484 e. The third-order valence-electron chi connectivity index (χ3n) is 2.83. The van der Waals surface area contributed by atoms with Crippen LogP contribution in [0.25, 0.3) is 0 Å². The molecule has 20 heavy (non-hydrogen) atoms. The summed E-state index contributed by atoms with van der Waals surface area (Å²) in [7, 11) is 0. The molecule has 0 aromatic heterocycles. The number of hydrogen-bond donors (Lipinski definition) is 1. The van der Waals surface area contributed by atoms with E-state index in [1.807, 2.05) is 6.92 Å². The van der Waals surface area contributed by atoms with Crippen molar-refractivity contribution in [2.45, 2.75) is 19.1 Å². The fourth-order valence-electron chi connectivity index (χ4n) is 1.83. The average Bonchev–Trinajstić information content (AvgIpc) is 2.41. The van der Waals surface area contributed by atoms with Gasteiger partial charge in [0.05, 0.1) is 10.0 Å². The second kappa shape index (κ2) is 6.44. The molecule has 0 saturated carbocycles. The Hall–Kier alpha value is -1.29. The fraction of sp³-hybridized carbons (Fsp3) is 0.200. The third-order valence-corrected chi connectivity index (χ3v) is 3.57. The zero-order valence-electron chi connectivity index (χ0n) is 10.8. The summed E-state index contributed by atoms with van der Waals surface area (Å²) in [5.41, 5.74) is 6.74. The fourth-order valence-corrected chi connectivity index (χ4v) is 2.12. The molecule has 2 rings (SSSR count). The van der Waals surface area contributed by atoms with Gasteiger partial charge in [0, 0.05) is 12.1 Å². The molecule has 2 atom stereocenters. The Balaban J connectivity index is 2.25. The first kappa shape index (κ1) is 15.1. The molecule has 0 radical (unpaired) electrons. The van der Waals surface area contributed by atoms with Gasteiger partial charge in [-0.2, -0.15) is 0 Å². The Bertz CT molecular complexity index is 587. The number of rotatable bonds is 4. The van der Waals surface area contributed by atoms with Gasteiger partial charge < -0.3 is 10.5 Å². The van der Waals surface area contributed by atoms with Crippen LogP contribution in [-0.4, -0.2) is 6.04 Å². The van der Waals surface area contributed by atoms with E-state index in [-0.39, 0.29) is 11.9 Å². The minimum absolute atomic E-state index is 0.269. The molecule has 0 heterocycles. The van der Waals surface area contributed by atoms with Crippen molar-refractivity contribution in [2.24, 2.45) is 5.73 Å². The van der Waals surface area contributed by atoms with Gasteiger partial charge in [0.25, 0.3) is 0 Å². The van der Waals surface area contributed by atoms with Crippen molar-refractivity contribution < 1.29 is 9.13 Å². The van der Waals surface area contributed by atoms with E-state index in [1.54, 1.807) is 30.3 Å². The van der Waals surface area contributed by atoms with Crippen LogP contribution >= 0.6 is 23.2 Å². The van der Waals surface area contributed by atoms with Crippen LogP contribution in [-0.2, 0) is 0 Å². The number of halogens is 3. The maximum atomic E-state index is 13.0. The van der Waals surface area contributed by atoms with Gasteiger partial charge in [-0.3, -0.25) is 0 Å². The molecule has 0 amide bonds. The minimum Gasteiger partial charge on any atom is -0.484 e. The second-order valence-electron chi connectivity index (χ2n) is 4.53. The van der Waals surface area contributed by atoms with Crippen LogP contribution in [0.5, 0.6) is 5.75 Å². The van der Waals surface area contributed by atoms with Crippen molar-refractivity contribution in [3.05, 3.63) is 63.9 Å². The molecule has 2 aromatic carbocycles. The van der Waals surface area contributed by atoms with Crippen LogP contribution in [0.2, 0.25) is 10.0 Å². The minimum atomic E-state index is -0.396. The molecule has 2 N–H and O–H groups in total. The van der Waals surface area contributed by atoms with Gasteiger partial charge in [-0.1, -0.05) is 35.3 Å². The summed E-state index contributed by atoms with van der Waals surface area (Å²) >= 11 is 11.8. The highest BCUT2D eigenvalue weighted by Gasteiger charge is 2.18.